The molecule has 154 valence electrons. The topological polar surface area (TPSA) is 74.6 Å². The molecule has 0 saturated heterocycles. The van der Waals surface area contributed by atoms with E-state index in [1.807, 2.05) is 0 Å². The molecular weight excluding hydrogens is 352 g/mol. The molecule has 0 spiro atoms. The minimum atomic E-state index is -0.606. The molecule has 2 N–H and O–H groups in total. The monoisotopic (exact) mass is 386 g/mol. The van der Waals surface area contributed by atoms with E-state index < -0.39 is 11.9 Å². The van der Waals surface area contributed by atoms with Gasteiger partial charge < -0.3 is 10.2 Å². The second-order valence-electron chi connectivity index (χ2n) is 9.11. The molecule has 2 fully saturated rings. The lowest BCUT2D eigenvalue weighted by atomic mass is 9.96. The summed E-state index contributed by atoms with van der Waals surface area (Å²) in [5.74, 6) is -1.20. The van der Waals surface area contributed by atoms with Crippen molar-refractivity contribution >= 4 is 11.9 Å². The average molecular weight is 387 g/mol. The number of hydrogen-bond acceptors (Lipinski definition) is 2. The van der Waals surface area contributed by atoms with Gasteiger partial charge in [0, 0.05) is 0 Å². The molecular formula is C24H34O4. The maximum absolute atomic E-state index is 11.2. The summed E-state index contributed by atoms with van der Waals surface area (Å²) in [5, 5.41) is 18.4. The van der Waals surface area contributed by atoms with Crippen LogP contribution in [0.4, 0.5) is 0 Å². The Bertz CT molecular complexity index is 668. The molecule has 0 bridgehead atoms. The van der Waals surface area contributed by atoms with Gasteiger partial charge in [0.05, 0.1) is 10.8 Å². The van der Waals surface area contributed by atoms with Crippen molar-refractivity contribution in [3.63, 3.8) is 0 Å². The zero-order valence-electron chi connectivity index (χ0n) is 16.9. The maximum Gasteiger partial charge on any atom is 0.309 e. The first-order valence-electron chi connectivity index (χ1n) is 11.0. The summed E-state index contributed by atoms with van der Waals surface area (Å²) in [6, 6.07) is 8.86. The first-order valence-corrected chi connectivity index (χ1v) is 11.0. The lowest BCUT2D eigenvalue weighted by Gasteiger charge is -2.09. The Morgan fingerprint density at radius 3 is 1.39 bits per heavy atom. The van der Waals surface area contributed by atoms with Gasteiger partial charge in [-0.05, 0) is 75.3 Å². The van der Waals surface area contributed by atoms with E-state index in [0.717, 1.165) is 83.5 Å². The molecule has 0 unspecified atom stereocenters. The van der Waals surface area contributed by atoms with Gasteiger partial charge in [-0.25, -0.2) is 0 Å². The normalized spacial score (nSPS) is 18.6. The molecule has 0 atom stereocenters. The number of benzene rings is 1. The highest BCUT2D eigenvalue weighted by molar-refractivity contribution is 5.78. The molecule has 3 rings (SSSR count). The molecule has 0 heterocycles. The van der Waals surface area contributed by atoms with Crippen LogP contribution in [0.2, 0.25) is 0 Å². The van der Waals surface area contributed by atoms with E-state index in [0.29, 0.717) is 0 Å². The van der Waals surface area contributed by atoms with Gasteiger partial charge in [-0.2, -0.15) is 0 Å². The summed E-state index contributed by atoms with van der Waals surface area (Å²) in [6.07, 6.45) is 13.8. The Hall–Kier alpha value is -1.84. The predicted octanol–water partition coefficient (Wildman–Crippen LogP) is 5.62. The molecule has 2 saturated carbocycles. The minimum absolute atomic E-state index is 0.358. The van der Waals surface area contributed by atoms with Crippen LogP contribution in [-0.4, -0.2) is 22.2 Å². The molecule has 0 aliphatic heterocycles. The lowest BCUT2D eigenvalue weighted by molar-refractivity contribution is -0.144. The van der Waals surface area contributed by atoms with Crippen LogP contribution in [0.5, 0.6) is 0 Å². The molecule has 2 aliphatic carbocycles. The smallest absolute Gasteiger partial charge is 0.309 e. The Morgan fingerprint density at radius 2 is 1.00 bits per heavy atom. The number of hydrogen-bond donors (Lipinski definition) is 2. The summed E-state index contributed by atoms with van der Waals surface area (Å²) in [6.45, 7) is 0. The summed E-state index contributed by atoms with van der Waals surface area (Å²) >= 11 is 0. The number of carboxylic acids is 2. The maximum atomic E-state index is 11.2. The van der Waals surface area contributed by atoms with E-state index in [9.17, 15) is 19.8 Å². The van der Waals surface area contributed by atoms with E-state index in [1.54, 1.807) is 0 Å². The molecule has 28 heavy (non-hydrogen) atoms. The third kappa shape index (κ3) is 5.59. The summed E-state index contributed by atoms with van der Waals surface area (Å²) in [7, 11) is 0. The Balaban J connectivity index is 1.24. The molecule has 4 nitrogen and oxygen atoms in total. The standard InChI is InChI=1S/C24H34O4/c25-21(26)23(15-16-23)13-5-2-1-3-7-19-9-11-20(12-10-19)8-4-6-14-24(17-18-24)22(27)28/h9-12H,1-8,13-18H2,(H,25,26)(H,27,28). The molecule has 2 aliphatic rings. The SMILES string of the molecule is O=C(O)C1(CCCCCCc2ccc(CCCCC3(C(=O)O)CC3)cc2)CC1. The van der Waals surface area contributed by atoms with Crippen molar-refractivity contribution < 1.29 is 19.8 Å². The van der Waals surface area contributed by atoms with E-state index in [4.69, 9.17) is 0 Å². The highest BCUT2D eigenvalue weighted by Crippen LogP contribution is 2.50. The van der Waals surface area contributed by atoms with Crippen molar-refractivity contribution in [1.29, 1.82) is 0 Å². The third-order valence-corrected chi connectivity index (χ3v) is 6.88. The second kappa shape index (κ2) is 9.11. The van der Waals surface area contributed by atoms with Crippen LogP contribution in [0.15, 0.2) is 24.3 Å². The quantitative estimate of drug-likeness (QED) is 0.407. The predicted molar refractivity (Wildman–Crippen MR) is 109 cm³/mol. The molecule has 1 aromatic rings. The number of aliphatic carboxylic acids is 2. The van der Waals surface area contributed by atoms with Crippen LogP contribution in [0.1, 0.15) is 88.2 Å². The van der Waals surface area contributed by atoms with Crippen molar-refractivity contribution in [3.05, 3.63) is 35.4 Å². The lowest BCUT2D eigenvalue weighted by Crippen LogP contribution is -2.14. The van der Waals surface area contributed by atoms with Crippen LogP contribution in [0.25, 0.3) is 0 Å². The average Bonchev–Trinajstić information content (AvgIpc) is 3.58. The number of aryl methyl sites for hydroxylation is 2. The number of carbonyl (C=O) groups is 2. The molecule has 0 amide bonds. The Morgan fingerprint density at radius 1 is 0.643 bits per heavy atom. The van der Waals surface area contributed by atoms with Crippen LogP contribution >= 0.6 is 0 Å². The van der Waals surface area contributed by atoms with Crippen molar-refractivity contribution in [2.24, 2.45) is 10.8 Å². The van der Waals surface area contributed by atoms with Gasteiger partial charge >= 0.3 is 11.9 Å². The summed E-state index contributed by atoms with van der Waals surface area (Å²) < 4.78 is 0. The highest BCUT2D eigenvalue weighted by Gasteiger charge is 2.49. The van der Waals surface area contributed by atoms with Crippen molar-refractivity contribution in [2.45, 2.75) is 89.9 Å². The number of unbranched alkanes of at least 4 members (excludes halogenated alkanes) is 4. The van der Waals surface area contributed by atoms with E-state index in [-0.39, 0.29) is 10.8 Å². The number of carboxylic acid groups (broad SMARTS) is 2. The largest absolute Gasteiger partial charge is 0.481 e. The van der Waals surface area contributed by atoms with Crippen LogP contribution in [0, 0.1) is 10.8 Å². The third-order valence-electron chi connectivity index (χ3n) is 6.88. The zero-order chi connectivity index (χ0) is 20.0. The van der Waals surface area contributed by atoms with E-state index in [1.165, 1.54) is 17.5 Å². The Labute approximate surface area is 168 Å². The zero-order valence-corrected chi connectivity index (χ0v) is 16.9. The van der Waals surface area contributed by atoms with Gasteiger partial charge in [0.25, 0.3) is 0 Å². The fourth-order valence-electron chi connectivity index (χ4n) is 4.25. The van der Waals surface area contributed by atoms with Crippen LogP contribution in [0.3, 0.4) is 0 Å². The van der Waals surface area contributed by atoms with Gasteiger partial charge in [-0.3, -0.25) is 9.59 Å². The minimum Gasteiger partial charge on any atom is -0.481 e. The van der Waals surface area contributed by atoms with Gasteiger partial charge in [-0.15, -0.1) is 0 Å². The van der Waals surface area contributed by atoms with Crippen LogP contribution in [-0.2, 0) is 22.4 Å². The number of rotatable bonds is 14. The molecule has 0 aromatic heterocycles. The Kier molecular flexibility index (Phi) is 6.79. The summed E-state index contributed by atoms with van der Waals surface area (Å²) in [5.41, 5.74) is 1.97. The van der Waals surface area contributed by atoms with Crippen LogP contribution < -0.4 is 0 Å². The fraction of sp³-hybridized carbons (Fsp3) is 0.667. The molecule has 0 radical (unpaired) electrons. The van der Waals surface area contributed by atoms with E-state index in [2.05, 4.69) is 24.3 Å². The first kappa shape index (κ1) is 20.9. The van der Waals surface area contributed by atoms with Crippen molar-refractivity contribution in [1.82, 2.24) is 0 Å². The van der Waals surface area contributed by atoms with Gasteiger partial charge in [0.15, 0.2) is 0 Å². The van der Waals surface area contributed by atoms with Gasteiger partial charge in [0.1, 0.15) is 0 Å². The molecule has 4 heteroatoms. The van der Waals surface area contributed by atoms with Gasteiger partial charge in [0.2, 0.25) is 0 Å². The molecule has 1 aromatic carbocycles. The highest BCUT2D eigenvalue weighted by atomic mass is 16.4. The van der Waals surface area contributed by atoms with Crippen molar-refractivity contribution in [2.75, 3.05) is 0 Å². The van der Waals surface area contributed by atoms with Gasteiger partial charge in [-0.1, -0.05) is 49.9 Å². The summed E-state index contributed by atoms with van der Waals surface area (Å²) in [4.78, 5) is 22.3. The fourth-order valence-corrected chi connectivity index (χ4v) is 4.25. The second-order valence-corrected chi connectivity index (χ2v) is 9.11. The first-order chi connectivity index (χ1) is 13.5. The van der Waals surface area contributed by atoms with Crippen molar-refractivity contribution in [3.8, 4) is 0 Å². The van der Waals surface area contributed by atoms with E-state index >= 15 is 0 Å².